The van der Waals surface area contributed by atoms with Gasteiger partial charge in [-0.2, -0.15) is 0 Å². The normalized spacial score (nSPS) is 42.0. The summed E-state index contributed by atoms with van der Waals surface area (Å²) in [5.74, 6) is 0.615. The number of carboxylic acid groups (broad SMARTS) is 1. The third-order valence-corrected chi connectivity index (χ3v) is 15.7. The molecule has 1 aromatic rings. The quantitative estimate of drug-likeness (QED) is 0.210. The molecule has 3 N–H and O–H groups in total. The Morgan fingerprint density at radius 2 is 1.60 bits per heavy atom. The minimum atomic E-state index is -1.04. The number of phenolic OH excluding ortho intramolecular Hbond substituents is 1. The van der Waals surface area contributed by atoms with E-state index in [9.17, 15) is 24.6 Å². The summed E-state index contributed by atoms with van der Waals surface area (Å²) in [4.78, 5) is 39.2. The Bertz CT molecular complexity index is 1480. The van der Waals surface area contributed by atoms with Crippen LogP contribution in [0.1, 0.15) is 119 Å². The van der Waals surface area contributed by atoms with E-state index >= 15 is 0 Å². The summed E-state index contributed by atoms with van der Waals surface area (Å²) in [5.41, 5.74) is 1.63. The highest BCUT2D eigenvalue weighted by Crippen LogP contribution is 2.76. The Kier molecular flexibility index (Phi) is 8.68. The van der Waals surface area contributed by atoms with E-state index in [0.29, 0.717) is 23.7 Å². The summed E-state index contributed by atoms with van der Waals surface area (Å²) in [6.07, 6.45) is 11.3. The van der Waals surface area contributed by atoms with Crippen molar-refractivity contribution in [2.24, 2.45) is 56.7 Å². The van der Waals surface area contributed by atoms with Crippen LogP contribution in [0.3, 0.4) is 0 Å². The van der Waals surface area contributed by atoms with Crippen LogP contribution in [0, 0.1) is 56.7 Å². The summed E-state index contributed by atoms with van der Waals surface area (Å²) >= 11 is 0. The van der Waals surface area contributed by atoms with E-state index < -0.39 is 17.4 Å². The molecule has 264 valence electrons. The van der Waals surface area contributed by atoms with Gasteiger partial charge in [-0.3, -0.25) is 9.59 Å². The molecule has 5 aliphatic carbocycles. The minimum absolute atomic E-state index is 0.0511. The summed E-state index contributed by atoms with van der Waals surface area (Å²) in [6, 6.07) is 5.51. The molecule has 0 aliphatic heterocycles. The van der Waals surface area contributed by atoms with Crippen LogP contribution in [0.2, 0.25) is 0 Å². The molecule has 6 rings (SSSR count). The Hall–Kier alpha value is -2.83. The second kappa shape index (κ2) is 11.9. The first-order valence-electron chi connectivity index (χ1n) is 18.6. The summed E-state index contributed by atoms with van der Waals surface area (Å²) < 4.78 is 5.93. The van der Waals surface area contributed by atoms with Crippen molar-refractivity contribution in [1.29, 1.82) is 0 Å². The van der Waals surface area contributed by atoms with Gasteiger partial charge in [-0.15, -0.1) is 0 Å². The number of carboxylic acids is 1. The maximum Gasteiger partial charge on any atom is 0.326 e. The zero-order chi connectivity index (χ0) is 35.0. The molecule has 0 aromatic heterocycles. The van der Waals surface area contributed by atoms with E-state index in [4.69, 9.17) is 4.74 Å². The van der Waals surface area contributed by atoms with Crippen LogP contribution >= 0.6 is 0 Å². The molecule has 7 nitrogen and oxygen atoms in total. The maximum atomic E-state index is 14.6. The number of phenols is 1. The zero-order valence-electron chi connectivity index (χ0n) is 30.5. The van der Waals surface area contributed by atoms with Crippen LogP contribution in [-0.4, -0.2) is 40.2 Å². The molecule has 48 heavy (non-hydrogen) atoms. The van der Waals surface area contributed by atoms with E-state index in [-0.39, 0.29) is 57.7 Å². The smallest absolute Gasteiger partial charge is 0.326 e. The van der Waals surface area contributed by atoms with Gasteiger partial charge < -0.3 is 20.3 Å². The van der Waals surface area contributed by atoms with Gasteiger partial charge in [-0.25, -0.2) is 4.79 Å². The molecular formula is C41H59NO6. The zero-order valence-corrected chi connectivity index (χ0v) is 30.5. The van der Waals surface area contributed by atoms with Gasteiger partial charge in [-0.05, 0) is 121 Å². The van der Waals surface area contributed by atoms with Gasteiger partial charge in [0.1, 0.15) is 17.9 Å². The van der Waals surface area contributed by atoms with Gasteiger partial charge in [0.2, 0.25) is 5.91 Å². The number of benzene rings is 1. The van der Waals surface area contributed by atoms with Crippen LogP contribution < -0.4 is 5.32 Å². The van der Waals surface area contributed by atoms with E-state index in [0.717, 1.165) is 63.4 Å². The number of rotatable bonds is 6. The lowest BCUT2D eigenvalue weighted by molar-refractivity contribution is -0.212. The number of allylic oxidation sites excluding steroid dienone is 2. The molecule has 11 atom stereocenters. The van der Waals surface area contributed by atoms with Crippen LogP contribution in [0.15, 0.2) is 35.9 Å². The van der Waals surface area contributed by atoms with Gasteiger partial charge in [0.15, 0.2) is 0 Å². The van der Waals surface area contributed by atoms with Crippen LogP contribution in [0.25, 0.3) is 0 Å². The minimum Gasteiger partial charge on any atom is -0.508 e. The average Bonchev–Trinajstić information content (AvgIpc) is 3.01. The highest BCUT2D eigenvalue weighted by atomic mass is 16.5. The molecule has 4 saturated carbocycles. The average molecular weight is 662 g/mol. The maximum absolute atomic E-state index is 14.6. The molecule has 0 heterocycles. The first-order chi connectivity index (χ1) is 22.4. The Morgan fingerprint density at radius 3 is 2.25 bits per heavy atom. The number of nitrogens with one attached hydrogen (secondary N) is 1. The molecule has 1 amide bonds. The molecule has 7 heteroatoms. The highest BCUT2D eigenvalue weighted by Gasteiger charge is 2.69. The molecule has 4 fully saturated rings. The molecule has 0 saturated heterocycles. The van der Waals surface area contributed by atoms with E-state index in [2.05, 4.69) is 59.9 Å². The fourth-order valence-electron chi connectivity index (χ4n) is 12.6. The Labute approximate surface area is 287 Å². The van der Waals surface area contributed by atoms with E-state index in [1.165, 1.54) is 12.5 Å². The number of ether oxygens (including phenoxy) is 1. The largest absolute Gasteiger partial charge is 0.508 e. The van der Waals surface area contributed by atoms with Crippen molar-refractivity contribution >= 4 is 17.8 Å². The molecule has 1 aromatic carbocycles. The lowest BCUT2D eigenvalue weighted by Gasteiger charge is -2.71. The van der Waals surface area contributed by atoms with Gasteiger partial charge in [0.05, 0.1) is 5.41 Å². The topological polar surface area (TPSA) is 113 Å². The fourth-order valence-corrected chi connectivity index (χ4v) is 12.6. The van der Waals surface area contributed by atoms with E-state index in [1.54, 1.807) is 24.3 Å². The lowest BCUT2D eigenvalue weighted by Crippen LogP contribution is -2.66. The summed E-state index contributed by atoms with van der Waals surface area (Å²) in [6.45, 7) is 18.4. The molecule has 0 radical (unpaired) electrons. The van der Waals surface area contributed by atoms with Gasteiger partial charge in [0.25, 0.3) is 0 Å². The van der Waals surface area contributed by atoms with Crippen molar-refractivity contribution in [3.05, 3.63) is 41.5 Å². The number of hydrogen-bond acceptors (Lipinski definition) is 5. The third kappa shape index (κ3) is 5.14. The molecule has 1 unspecified atom stereocenters. The van der Waals surface area contributed by atoms with Crippen LogP contribution in [0.5, 0.6) is 5.75 Å². The predicted molar refractivity (Wildman–Crippen MR) is 186 cm³/mol. The van der Waals surface area contributed by atoms with Crippen LogP contribution in [0.4, 0.5) is 0 Å². The summed E-state index contributed by atoms with van der Waals surface area (Å²) in [5, 5.41) is 23.0. The van der Waals surface area contributed by atoms with Crippen molar-refractivity contribution < 1.29 is 29.3 Å². The number of fused-ring (bicyclic) bond motifs is 7. The first-order valence-corrected chi connectivity index (χ1v) is 18.6. The van der Waals surface area contributed by atoms with E-state index in [1.807, 2.05) is 0 Å². The second-order valence-electron chi connectivity index (χ2n) is 18.0. The molecule has 0 bridgehead atoms. The van der Waals surface area contributed by atoms with Crippen molar-refractivity contribution in [1.82, 2.24) is 5.32 Å². The highest BCUT2D eigenvalue weighted by molar-refractivity contribution is 5.88. The van der Waals surface area contributed by atoms with Gasteiger partial charge >= 0.3 is 11.9 Å². The van der Waals surface area contributed by atoms with Crippen molar-refractivity contribution in [2.45, 2.75) is 132 Å². The number of carbonyl (C=O) groups excluding carboxylic acids is 2. The SMILES string of the molecule is CC(=O)O[C@H]1CC[C@]2(C)[C@H]3CC=C4[C@@H]5[C@@H](C)[C@H](C)CC[C@]5(C(=O)NC(Cc5ccc(O)cc5)C(=O)O)CC[C@@]4(C)[C@]3(C)CC[C@H]2C1(C)C. The van der Waals surface area contributed by atoms with Gasteiger partial charge in [-0.1, -0.05) is 72.2 Å². The fraction of sp³-hybridized carbons (Fsp3) is 0.732. The first kappa shape index (κ1) is 35.0. The predicted octanol–water partition coefficient (Wildman–Crippen LogP) is 8.09. The van der Waals surface area contributed by atoms with Crippen LogP contribution in [-0.2, 0) is 25.5 Å². The molecule has 0 spiro atoms. The molecular weight excluding hydrogens is 602 g/mol. The Morgan fingerprint density at radius 1 is 0.917 bits per heavy atom. The second-order valence-corrected chi connectivity index (χ2v) is 18.0. The number of hydrogen-bond donors (Lipinski definition) is 3. The monoisotopic (exact) mass is 661 g/mol. The molecule has 5 aliphatic rings. The van der Waals surface area contributed by atoms with Gasteiger partial charge in [0, 0.05) is 18.8 Å². The number of esters is 1. The summed E-state index contributed by atoms with van der Waals surface area (Å²) in [7, 11) is 0. The number of aliphatic carboxylic acids is 1. The van der Waals surface area contributed by atoms with Crippen molar-refractivity contribution in [2.75, 3.05) is 0 Å². The van der Waals surface area contributed by atoms with Crippen molar-refractivity contribution in [3.63, 3.8) is 0 Å². The Balaban J connectivity index is 1.34. The standard InChI is InChI=1S/C41H59NO6/c1-24-15-20-41(36(47)42-30(35(45)46)23-27-9-11-28(44)12-10-27)22-21-39(7)29(34(41)25(24)2)13-14-32-38(6)18-17-33(48-26(3)43)37(4,5)31(38)16-19-40(32,39)8/h9-13,24-25,30-34,44H,14-23H2,1-8H3,(H,42,47)(H,45,46)/t24-,25+,30?,31+,32-,33+,34+,38+,39-,40-,41+/m1/s1. The van der Waals surface area contributed by atoms with Crippen molar-refractivity contribution in [3.8, 4) is 5.75 Å². The lowest BCUT2D eigenvalue weighted by atomic mass is 9.33. The number of carbonyl (C=O) groups is 3. The number of aromatic hydroxyl groups is 1. The third-order valence-electron chi connectivity index (χ3n) is 15.7. The number of amides is 1.